The first-order valence-corrected chi connectivity index (χ1v) is 15.7. The molecule has 0 spiro atoms. The lowest BCUT2D eigenvalue weighted by atomic mass is 9.96. The predicted molar refractivity (Wildman–Crippen MR) is 164 cm³/mol. The highest BCUT2D eigenvalue weighted by atomic mass is 79.9. The van der Waals surface area contributed by atoms with Gasteiger partial charge in [0.25, 0.3) is 11.2 Å². The highest BCUT2D eigenvalue weighted by Crippen LogP contribution is 2.36. The molecule has 0 amide bonds. The van der Waals surface area contributed by atoms with Crippen LogP contribution in [0, 0.1) is 10.1 Å². The average molecular weight is 684 g/mol. The summed E-state index contributed by atoms with van der Waals surface area (Å²) in [6.45, 7) is 3.67. The molecule has 42 heavy (non-hydrogen) atoms. The number of hydrogen-bond acceptors (Lipinski definition) is 11. The molecular weight excluding hydrogens is 664 g/mol. The van der Waals surface area contributed by atoms with Crippen LogP contribution >= 0.6 is 50.4 Å². The number of fused-ring (bicyclic) bond motifs is 2. The second-order valence-electron chi connectivity index (χ2n) is 9.01. The minimum Gasteiger partial charge on any atom is -0.463 e. The standard InChI is InChI=1S/C28H19BrN4O6S3/c1-3-38-26(35)23-14(2)30-27-32(24(23)15-5-4-6-16(29)11-15)25(34)21(40-27)13-18-8-10-22(39-18)42-28-31-19-9-7-17(33(36)37)12-20(19)41-28/h4-13,24H,3H2,1-2H3/b21-13-/t24-/m0/s1. The number of benzene rings is 2. The van der Waals surface area contributed by atoms with Crippen molar-refractivity contribution in [1.82, 2.24) is 9.55 Å². The molecule has 2 aromatic carbocycles. The van der Waals surface area contributed by atoms with Crippen LogP contribution in [0.3, 0.4) is 0 Å². The summed E-state index contributed by atoms with van der Waals surface area (Å²) in [5.41, 5.74) is 1.91. The number of non-ortho nitro benzene ring substituents is 1. The van der Waals surface area contributed by atoms with Crippen LogP contribution in [0.5, 0.6) is 0 Å². The zero-order valence-corrected chi connectivity index (χ0v) is 25.9. The molecule has 0 saturated carbocycles. The Morgan fingerprint density at radius 1 is 1.24 bits per heavy atom. The highest BCUT2D eigenvalue weighted by Gasteiger charge is 2.33. The van der Waals surface area contributed by atoms with Crippen molar-refractivity contribution in [1.29, 1.82) is 0 Å². The molecule has 1 atom stereocenters. The maximum atomic E-state index is 13.8. The molecule has 0 N–H and O–H groups in total. The van der Waals surface area contributed by atoms with Crippen molar-refractivity contribution in [3.05, 3.63) is 111 Å². The van der Waals surface area contributed by atoms with E-state index in [2.05, 4.69) is 25.9 Å². The zero-order valence-electron chi connectivity index (χ0n) is 21.9. The minimum absolute atomic E-state index is 0.0103. The Hall–Kier alpha value is -3.85. The second kappa shape index (κ2) is 11.4. The summed E-state index contributed by atoms with van der Waals surface area (Å²) in [7, 11) is 0. The second-order valence-corrected chi connectivity index (χ2v) is 13.2. The Morgan fingerprint density at radius 2 is 2.07 bits per heavy atom. The summed E-state index contributed by atoms with van der Waals surface area (Å²) in [4.78, 5) is 47.1. The average Bonchev–Trinajstić information content (AvgIpc) is 3.65. The molecule has 1 aliphatic rings. The number of nitrogens with zero attached hydrogens (tertiary/aromatic N) is 4. The number of hydrogen-bond donors (Lipinski definition) is 0. The van der Waals surface area contributed by atoms with Gasteiger partial charge >= 0.3 is 5.97 Å². The quantitative estimate of drug-likeness (QED) is 0.119. The molecule has 5 aromatic rings. The molecule has 0 fully saturated rings. The number of halogens is 1. The first-order chi connectivity index (χ1) is 20.2. The third-order valence-electron chi connectivity index (χ3n) is 6.31. The largest absolute Gasteiger partial charge is 0.463 e. The summed E-state index contributed by atoms with van der Waals surface area (Å²) in [5.74, 6) is -0.0602. The Kier molecular flexibility index (Phi) is 7.70. The lowest BCUT2D eigenvalue weighted by Gasteiger charge is -2.24. The van der Waals surface area contributed by atoms with E-state index in [0.29, 0.717) is 46.0 Å². The van der Waals surface area contributed by atoms with Crippen LogP contribution in [0.4, 0.5) is 5.69 Å². The van der Waals surface area contributed by atoms with Crippen molar-refractivity contribution >= 4 is 78.3 Å². The third kappa shape index (κ3) is 5.38. The van der Waals surface area contributed by atoms with Gasteiger partial charge in [-0.15, -0.1) is 11.3 Å². The van der Waals surface area contributed by atoms with E-state index in [1.54, 1.807) is 38.1 Å². The van der Waals surface area contributed by atoms with Crippen LogP contribution in [0.1, 0.15) is 31.2 Å². The van der Waals surface area contributed by atoms with Crippen molar-refractivity contribution in [2.45, 2.75) is 29.3 Å². The molecule has 0 unspecified atom stereocenters. The molecule has 6 rings (SSSR count). The van der Waals surface area contributed by atoms with Gasteiger partial charge in [0.1, 0.15) is 5.76 Å². The molecule has 4 heterocycles. The van der Waals surface area contributed by atoms with Gasteiger partial charge in [0.15, 0.2) is 14.2 Å². The number of carbonyl (C=O) groups is 1. The predicted octanol–water partition coefficient (Wildman–Crippen LogP) is 5.82. The summed E-state index contributed by atoms with van der Waals surface area (Å²) in [6.07, 6.45) is 1.65. The molecule has 0 bridgehead atoms. The van der Waals surface area contributed by atoms with E-state index in [1.807, 2.05) is 24.3 Å². The molecule has 0 saturated heterocycles. The van der Waals surface area contributed by atoms with Gasteiger partial charge in [-0.05, 0) is 61.5 Å². The van der Waals surface area contributed by atoms with Crippen LogP contribution < -0.4 is 14.9 Å². The Bertz CT molecular complexity index is 2110. The lowest BCUT2D eigenvalue weighted by Crippen LogP contribution is -2.39. The molecule has 1 aliphatic heterocycles. The fourth-order valence-electron chi connectivity index (χ4n) is 4.52. The fourth-order valence-corrected chi connectivity index (χ4v) is 7.96. The van der Waals surface area contributed by atoms with Gasteiger partial charge in [-0.3, -0.25) is 19.5 Å². The topological polar surface area (TPSA) is 130 Å². The SMILES string of the molecule is CCOC(=O)C1=C(C)N=c2s/c(=C\c3ccc(Sc4nc5ccc([N+](=O)[O-])cc5s4)o3)c(=O)n2[C@H]1c1cccc(Br)c1. The van der Waals surface area contributed by atoms with E-state index >= 15 is 0 Å². The first kappa shape index (κ1) is 28.3. The molecular formula is C28H19BrN4O6S3. The summed E-state index contributed by atoms with van der Waals surface area (Å²) in [5, 5.41) is 11.6. The molecule has 0 aliphatic carbocycles. The Labute approximate surface area is 258 Å². The molecule has 14 heteroatoms. The number of thiazole rings is 2. The number of nitro benzene ring substituents is 1. The number of ether oxygens (including phenoxy) is 1. The van der Waals surface area contributed by atoms with Crippen LogP contribution in [0.15, 0.2) is 94.0 Å². The Balaban J connectivity index is 1.36. The van der Waals surface area contributed by atoms with E-state index in [4.69, 9.17) is 9.15 Å². The highest BCUT2D eigenvalue weighted by molar-refractivity contribution is 9.10. The van der Waals surface area contributed by atoms with Crippen molar-refractivity contribution in [3.63, 3.8) is 0 Å². The fraction of sp³-hybridized carbons (Fsp3) is 0.143. The van der Waals surface area contributed by atoms with Gasteiger partial charge in [-0.2, -0.15) is 0 Å². The van der Waals surface area contributed by atoms with Crippen LogP contribution in [0.2, 0.25) is 0 Å². The van der Waals surface area contributed by atoms with Gasteiger partial charge in [-0.25, -0.2) is 14.8 Å². The van der Waals surface area contributed by atoms with E-state index in [0.717, 1.165) is 10.0 Å². The molecule has 0 radical (unpaired) electrons. The summed E-state index contributed by atoms with van der Waals surface area (Å²) in [6, 6.07) is 14.8. The van der Waals surface area contributed by atoms with E-state index in [1.165, 1.54) is 51.1 Å². The summed E-state index contributed by atoms with van der Waals surface area (Å²) >= 11 is 7.32. The number of nitro groups is 1. The number of allylic oxidation sites excluding steroid dienone is 1. The van der Waals surface area contributed by atoms with Gasteiger partial charge in [0, 0.05) is 22.7 Å². The summed E-state index contributed by atoms with van der Waals surface area (Å²) < 4.78 is 15.4. The molecule has 3 aromatic heterocycles. The zero-order chi connectivity index (χ0) is 29.5. The van der Waals surface area contributed by atoms with Crippen molar-refractivity contribution in [3.8, 4) is 0 Å². The van der Waals surface area contributed by atoms with Gasteiger partial charge in [-0.1, -0.05) is 39.4 Å². The third-order valence-corrected chi connectivity index (χ3v) is 9.78. The number of furan rings is 1. The van der Waals surface area contributed by atoms with Crippen molar-refractivity contribution in [2.24, 2.45) is 4.99 Å². The normalized spacial score (nSPS) is 15.1. The van der Waals surface area contributed by atoms with Gasteiger partial charge in [0.2, 0.25) is 0 Å². The van der Waals surface area contributed by atoms with Crippen LogP contribution in [-0.2, 0) is 9.53 Å². The van der Waals surface area contributed by atoms with Gasteiger partial charge < -0.3 is 9.15 Å². The molecule has 212 valence electrons. The van der Waals surface area contributed by atoms with E-state index < -0.39 is 16.9 Å². The van der Waals surface area contributed by atoms with Crippen LogP contribution in [0.25, 0.3) is 16.3 Å². The van der Waals surface area contributed by atoms with Crippen molar-refractivity contribution < 1.29 is 18.9 Å². The monoisotopic (exact) mass is 682 g/mol. The number of esters is 1. The van der Waals surface area contributed by atoms with Crippen molar-refractivity contribution in [2.75, 3.05) is 6.61 Å². The number of aromatic nitrogens is 2. The van der Waals surface area contributed by atoms with E-state index in [9.17, 15) is 19.7 Å². The van der Waals surface area contributed by atoms with E-state index in [-0.39, 0.29) is 17.9 Å². The van der Waals surface area contributed by atoms with Gasteiger partial charge in [0.05, 0.1) is 43.6 Å². The molecule has 10 nitrogen and oxygen atoms in total. The number of carbonyl (C=O) groups excluding carboxylic acids is 1. The smallest absolute Gasteiger partial charge is 0.338 e. The number of rotatable bonds is 7. The Morgan fingerprint density at radius 3 is 2.83 bits per heavy atom. The first-order valence-electron chi connectivity index (χ1n) is 12.5. The minimum atomic E-state index is -0.711. The lowest BCUT2D eigenvalue weighted by molar-refractivity contribution is -0.384. The maximum Gasteiger partial charge on any atom is 0.338 e. The van der Waals surface area contributed by atoms with Crippen LogP contribution in [-0.4, -0.2) is 27.1 Å². The maximum absolute atomic E-state index is 13.8.